The SMILES string of the molecule is CCC(CC)CN(CC)S(=O)(=O)c1ccc(CCO)cc1. The maximum Gasteiger partial charge on any atom is 0.243 e. The summed E-state index contributed by atoms with van der Waals surface area (Å²) in [6.45, 7) is 7.19. The standard InChI is InChI=1S/C16H27NO3S/c1-4-14(5-2)13-17(6-3)21(19,20)16-9-7-15(8-10-16)11-12-18/h7-10,14,18H,4-6,11-13H2,1-3H3. The van der Waals surface area contributed by atoms with Crippen LogP contribution in [0, 0.1) is 5.92 Å². The van der Waals surface area contributed by atoms with Gasteiger partial charge in [0, 0.05) is 19.7 Å². The van der Waals surface area contributed by atoms with Crippen molar-refractivity contribution >= 4 is 10.0 Å². The Bertz CT molecular complexity index is 507. The molecular weight excluding hydrogens is 286 g/mol. The minimum Gasteiger partial charge on any atom is -0.396 e. The molecule has 0 aliphatic rings. The highest BCUT2D eigenvalue weighted by Crippen LogP contribution is 2.20. The maximum atomic E-state index is 12.7. The number of nitrogens with zero attached hydrogens (tertiary/aromatic N) is 1. The van der Waals surface area contributed by atoms with E-state index < -0.39 is 10.0 Å². The van der Waals surface area contributed by atoms with E-state index >= 15 is 0 Å². The minimum absolute atomic E-state index is 0.0713. The molecule has 4 nitrogen and oxygen atoms in total. The Morgan fingerprint density at radius 2 is 1.67 bits per heavy atom. The van der Waals surface area contributed by atoms with E-state index in [0.29, 0.717) is 30.3 Å². The average Bonchev–Trinajstić information content (AvgIpc) is 2.49. The number of hydrogen-bond donors (Lipinski definition) is 1. The van der Waals surface area contributed by atoms with E-state index in [1.165, 1.54) is 0 Å². The largest absolute Gasteiger partial charge is 0.396 e. The van der Waals surface area contributed by atoms with Crippen LogP contribution in [-0.2, 0) is 16.4 Å². The Labute approximate surface area is 128 Å². The molecule has 0 fully saturated rings. The van der Waals surface area contributed by atoms with E-state index in [0.717, 1.165) is 18.4 Å². The highest BCUT2D eigenvalue weighted by Gasteiger charge is 2.24. The molecule has 0 bridgehead atoms. The Morgan fingerprint density at radius 1 is 1.10 bits per heavy atom. The second-order valence-corrected chi connectivity index (χ2v) is 7.19. The predicted octanol–water partition coefficient (Wildman–Crippen LogP) is 2.67. The molecule has 0 atom stereocenters. The highest BCUT2D eigenvalue weighted by molar-refractivity contribution is 7.89. The number of hydrogen-bond acceptors (Lipinski definition) is 3. The molecule has 0 amide bonds. The second kappa shape index (κ2) is 8.51. The topological polar surface area (TPSA) is 57.6 Å². The van der Waals surface area contributed by atoms with E-state index in [4.69, 9.17) is 5.11 Å². The summed E-state index contributed by atoms with van der Waals surface area (Å²) < 4.78 is 26.9. The Balaban J connectivity index is 2.95. The van der Waals surface area contributed by atoms with Crippen LogP contribution in [0.2, 0.25) is 0 Å². The van der Waals surface area contributed by atoms with Crippen molar-refractivity contribution in [3.05, 3.63) is 29.8 Å². The van der Waals surface area contributed by atoms with Gasteiger partial charge < -0.3 is 5.11 Å². The zero-order valence-electron chi connectivity index (χ0n) is 13.2. The number of aliphatic hydroxyl groups is 1. The first kappa shape index (κ1) is 18.1. The van der Waals surface area contributed by atoms with Crippen LogP contribution in [0.25, 0.3) is 0 Å². The molecule has 1 N–H and O–H groups in total. The van der Waals surface area contributed by atoms with Gasteiger partial charge in [-0.15, -0.1) is 0 Å². The molecule has 0 aromatic heterocycles. The number of aliphatic hydroxyl groups excluding tert-OH is 1. The zero-order chi connectivity index (χ0) is 15.9. The van der Waals surface area contributed by atoms with Gasteiger partial charge in [-0.25, -0.2) is 8.42 Å². The average molecular weight is 313 g/mol. The summed E-state index contributed by atoms with van der Waals surface area (Å²) in [4.78, 5) is 0.331. The first-order chi connectivity index (χ1) is 9.99. The van der Waals surface area contributed by atoms with Crippen molar-refractivity contribution < 1.29 is 13.5 Å². The van der Waals surface area contributed by atoms with Crippen LogP contribution < -0.4 is 0 Å². The van der Waals surface area contributed by atoms with Gasteiger partial charge in [0.15, 0.2) is 0 Å². The van der Waals surface area contributed by atoms with Gasteiger partial charge in [0.25, 0.3) is 0 Å². The predicted molar refractivity (Wildman–Crippen MR) is 85.7 cm³/mol. The maximum absolute atomic E-state index is 12.7. The summed E-state index contributed by atoms with van der Waals surface area (Å²) in [6.07, 6.45) is 2.52. The van der Waals surface area contributed by atoms with Gasteiger partial charge in [-0.1, -0.05) is 45.7 Å². The van der Waals surface area contributed by atoms with Crippen molar-refractivity contribution in [1.82, 2.24) is 4.31 Å². The third-order valence-electron chi connectivity index (χ3n) is 3.93. The Morgan fingerprint density at radius 3 is 2.10 bits per heavy atom. The number of benzene rings is 1. The molecular formula is C16H27NO3S. The van der Waals surface area contributed by atoms with Crippen LogP contribution in [-0.4, -0.2) is 37.5 Å². The summed E-state index contributed by atoms with van der Waals surface area (Å²) >= 11 is 0. The van der Waals surface area contributed by atoms with E-state index in [1.807, 2.05) is 6.92 Å². The van der Waals surface area contributed by atoms with Gasteiger partial charge in [-0.2, -0.15) is 4.31 Å². The number of sulfonamides is 1. The van der Waals surface area contributed by atoms with Crippen LogP contribution in [0.15, 0.2) is 29.2 Å². The summed E-state index contributed by atoms with van der Waals surface area (Å²) in [7, 11) is -3.43. The molecule has 0 saturated carbocycles. The molecule has 0 spiro atoms. The van der Waals surface area contributed by atoms with E-state index in [9.17, 15) is 8.42 Å². The lowest BCUT2D eigenvalue weighted by atomic mass is 10.0. The molecule has 0 aliphatic heterocycles. The van der Waals surface area contributed by atoms with Crippen molar-refractivity contribution in [1.29, 1.82) is 0 Å². The van der Waals surface area contributed by atoms with Crippen LogP contribution in [0.1, 0.15) is 39.2 Å². The van der Waals surface area contributed by atoms with Crippen LogP contribution in [0.4, 0.5) is 0 Å². The van der Waals surface area contributed by atoms with Crippen molar-refractivity contribution in [2.45, 2.75) is 44.9 Å². The summed E-state index contributed by atoms with van der Waals surface area (Å²) in [5, 5.41) is 8.90. The minimum atomic E-state index is -3.43. The molecule has 1 aromatic carbocycles. The van der Waals surface area contributed by atoms with Crippen LogP contribution >= 0.6 is 0 Å². The third-order valence-corrected chi connectivity index (χ3v) is 5.89. The second-order valence-electron chi connectivity index (χ2n) is 5.26. The molecule has 21 heavy (non-hydrogen) atoms. The summed E-state index contributed by atoms with van der Waals surface area (Å²) in [6, 6.07) is 6.81. The van der Waals surface area contributed by atoms with Gasteiger partial charge in [0.1, 0.15) is 0 Å². The first-order valence-electron chi connectivity index (χ1n) is 7.69. The van der Waals surface area contributed by atoms with Crippen molar-refractivity contribution in [2.24, 2.45) is 5.92 Å². The third kappa shape index (κ3) is 4.80. The van der Waals surface area contributed by atoms with Crippen LogP contribution in [0.5, 0.6) is 0 Å². The van der Waals surface area contributed by atoms with Crippen molar-refractivity contribution in [3.8, 4) is 0 Å². The fraction of sp³-hybridized carbons (Fsp3) is 0.625. The molecule has 120 valence electrons. The molecule has 1 aromatic rings. The quantitative estimate of drug-likeness (QED) is 0.762. The Kier molecular flexibility index (Phi) is 7.35. The lowest BCUT2D eigenvalue weighted by Gasteiger charge is -2.25. The van der Waals surface area contributed by atoms with Gasteiger partial charge in [0.05, 0.1) is 4.90 Å². The molecule has 1 rings (SSSR count). The molecule has 0 saturated heterocycles. The molecule has 0 unspecified atom stereocenters. The lowest BCUT2D eigenvalue weighted by molar-refractivity contribution is 0.299. The van der Waals surface area contributed by atoms with Crippen LogP contribution in [0.3, 0.4) is 0 Å². The monoisotopic (exact) mass is 313 g/mol. The molecule has 0 aliphatic carbocycles. The van der Waals surface area contributed by atoms with Gasteiger partial charge in [-0.3, -0.25) is 0 Å². The molecule has 5 heteroatoms. The number of rotatable bonds is 9. The fourth-order valence-corrected chi connectivity index (χ4v) is 3.86. The fourth-order valence-electron chi connectivity index (χ4n) is 2.34. The first-order valence-corrected chi connectivity index (χ1v) is 9.13. The highest BCUT2D eigenvalue weighted by atomic mass is 32.2. The van der Waals surface area contributed by atoms with Gasteiger partial charge >= 0.3 is 0 Å². The van der Waals surface area contributed by atoms with Gasteiger partial charge in [-0.05, 0) is 30.0 Å². The van der Waals surface area contributed by atoms with E-state index in [2.05, 4.69) is 13.8 Å². The molecule has 0 heterocycles. The zero-order valence-corrected chi connectivity index (χ0v) is 14.1. The Hall–Kier alpha value is -0.910. The summed E-state index contributed by atoms with van der Waals surface area (Å²) in [5.41, 5.74) is 0.944. The molecule has 0 radical (unpaired) electrons. The van der Waals surface area contributed by atoms with Gasteiger partial charge in [0.2, 0.25) is 10.0 Å². The van der Waals surface area contributed by atoms with Crippen molar-refractivity contribution in [3.63, 3.8) is 0 Å². The lowest BCUT2D eigenvalue weighted by Crippen LogP contribution is -2.35. The normalized spacial score (nSPS) is 12.3. The van der Waals surface area contributed by atoms with Crippen molar-refractivity contribution in [2.75, 3.05) is 19.7 Å². The van der Waals surface area contributed by atoms with E-state index in [1.54, 1.807) is 28.6 Å². The smallest absolute Gasteiger partial charge is 0.243 e. The van der Waals surface area contributed by atoms with E-state index in [-0.39, 0.29) is 6.61 Å². The summed E-state index contributed by atoms with van der Waals surface area (Å²) in [5.74, 6) is 0.397.